The minimum Gasteiger partial charge on any atom is -0.328 e. The lowest BCUT2D eigenvalue weighted by molar-refractivity contribution is 0.0654. The second-order valence-corrected chi connectivity index (χ2v) is 7.51. The predicted molar refractivity (Wildman–Crippen MR) is 117 cm³/mol. The molecular formula is C23H26ClN3O2. The molecule has 0 N–H and O–H groups in total. The van der Waals surface area contributed by atoms with Crippen molar-refractivity contribution in [2.75, 3.05) is 6.54 Å². The molecule has 3 aromatic rings. The van der Waals surface area contributed by atoms with Crippen LogP contribution in [-0.2, 0) is 7.05 Å². The molecule has 2 aromatic carbocycles. The molecule has 0 spiro atoms. The van der Waals surface area contributed by atoms with Gasteiger partial charge in [0.2, 0.25) is 0 Å². The van der Waals surface area contributed by atoms with Gasteiger partial charge in [-0.25, -0.2) is 4.98 Å². The first-order valence-electron chi connectivity index (χ1n) is 10.0. The molecule has 1 unspecified atom stereocenters. The van der Waals surface area contributed by atoms with E-state index in [0.29, 0.717) is 40.3 Å². The molecule has 0 aliphatic rings. The van der Waals surface area contributed by atoms with Crippen molar-refractivity contribution in [3.63, 3.8) is 0 Å². The zero-order valence-corrected chi connectivity index (χ0v) is 17.8. The monoisotopic (exact) mass is 411 g/mol. The van der Waals surface area contributed by atoms with Crippen LogP contribution in [0.4, 0.5) is 0 Å². The van der Waals surface area contributed by atoms with Crippen LogP contribution in [0.25, 0.3) is 10.9 Å². The summed E-state index contributed by atoms with van der Waals surface area (Å²) in [5, 5.41) is 1.00. The summed E-state index contributed by atoms with van der Waals surface area (Å²) >= 11 is 6.31. The Labute approximate surface area is 175 Å². The van der Waals surface area contributed by atoms with E-state index in [0.717, 1.165) is 12.8 Å². The molecule has 1 amide bonds. The van der Waals surface area contributed by atoms with E-state index >= 15 is 0 Å². The molecule has 29 heavy (non-hydrogen) atoms. The van der Waals surface area contributed by atoms with Crippen LogP contribution in [-0.4, -0.2) is 26.9 Å². The summed E-state index contributed by atoms with van der Waals surface area (Å²) in [6.07, 6.45) is 2.44. The number of unbranched alkanes of at least 4 members (excludes halogenated alkanes) is 1. The number of halogens is 1. The minimum absolute atomic E-state index is 0.107. The average molecular weight is 412 g/mol. The normalized spacial score (nSPS) is 12.1. The standard InChI is InChI=1S/C23H26ClN3O2/c1-4-6-15-27(23(29)16-11-7-9-13-18(16)24)20(5-2)21-25-19-14-10-8-12-17(19)22(28)26(21)3/h7-14,20H,4-6,15H2,1-3H3. The number of carbonyl (C=O) groups excluding carboxylic acids is 1. The molecule has 0 aliphatic heterocycles. The van der Waals surface area contributed by atoms with Crippen molar-refractivity contribution in [1.29, 1.82) is 0 Å². The summed E-state index contributed by atoms with van der Waals surface area (Å²) in [4.78, 5) is 32.9. The van der Waals surface area contributed by atoms with Crippen molar-refractivity contribution in [2.24, 2.45) is 7.05 Å². The summed E-state index contributed by atoms with van der Waals surface area (Å²) in [7, 11) is 1.72. The molecule has 1 heterocycles. The molecule has 0 aliphatic carbocycles. The maximum absolute atomic E-state index is 13.4. The minimum atomic E-state index is -0.326. The summed E-state index contributed by atoms with van der Waals surface area (Å²) in [6, 6.07) is 14.1. The van der Waals surface area contributed by atoms with Crippen LogP contribution in [0.15, 0.2) is 53.3 Å². The Kier molecular flexibility index (Phi) is 6.70. The van der Waals surface area contributed by atoms with Crippen LogP contribution in [0.5, 0.6) is 0 Å². The van der Waals surface area contributed by atoms with Gasteiger partial charge in [0, 0.05) is 13.6 Å². The predicted octanol–water partition coefficient (Wildman–Crippen LogP) is 4.98. The van der Waals surface area contributed by atoms with Crippen LogP contribution in [0.2, 0.25) is 5.02 Å². The Morgan fingerprint density at radius 1 is 1.14 bits per heavy atom. The Morgan fingerprint density at radius 3 is 2.52 bits per heavy atom. The van der Waals surface area contributed by atoms with E-state index in [9.17, 15) is 9.59 Å². The van der Waals surface area contributed by atoms with Gasteiger partial charge in [-0.05, 0) is 37.1 Å². The maximum Gasteiger partial charge on any atom is 0.261 e. The summed E-state index contributed by atoms with van der Waals surface area (Å²) in [5.74, 6) is 0.450. The number of para-hydroxylation sites is 1. The fourth-order valence-electron chi connectivity index (χ4n) is 3.59. The third kappa shape index (κ3) is 4.20. The number of aromatic nitrogens is 2. The van der Waals surface area contributed by atoms with Crippen molar-refractivity contribution in [1.82, 2.24) is 14.5 Å². The molecule has 6 heteroatoms. The van der Waals surface area contributed by atoms with Gasteiger partial charge in [0.25, 0.3) is 11.5 Å². The lowest BCUT2D eigenvalue weighted by Crippen LogP contribution is -2.39. The van der Waals surface area contributed by atoms with Gasteiger partial charge in [-0.15, -0.1) is 0 Å². The summed E-state index contributed by atoms with van der Waals surface area (Å²) < 4.78 is 1.56. The van der Waals surface area contributed by atoms with E-state index in [4.69, 9.17) is 16.6 Å². The number of hydrogen-bond acceptors (Lipinski definition) is 3. The Hall–Kier alpha value is -2.66. The lowest BCUT2D eigenvalue weighted by atomic mass is 10.1. The highest BCUT2D eigenvalue weighted by Gasteiger charge is 2.29. The summed E-state index contributed by atoms with van der Waals surface area (Å²) in [6.45, 7) is 4.66. The van der Waals surface area contributed by atoms with Crippen molar-refractivity contribution in [2.45, 2.75) is 39.2 Å². The molecule has 0 saturated carbocycles. The fourth-order valence-corrected chi connectivity index (χ4v) is 3.81. The van der Waals surface area contributed by atoms with Gasteiger partial charge in [0.1, 0.15) is 5.82 Å². The van der Waals surface area contributed by atoms with Gasteiger partial charge >= 0.3 is 0 Å². The van der Waals surface area contributed by atoms with Crippen LogP contribution in [0, 0.1) is 0 Å². The van der Waals surface area contributed by atoms with E-state index in [1.54, 1.807) is 40.8 Å². The first kappa shape index (κ1) is 21.1. The van der Waals surface area contributed by atoms with Crippen LogP contribution in [0.1, 0.15) is 55.3 Å². The molecule has 152 valence electrons. The Bertz CT molecular complexity index is 1080. The topological polar surface area (TPSA) is 55.2 Å². The highest BCUT2D eigenvalue weighted by Crippen LogP contribution is 2.27. The van der Waals surface area contributed by atoms with Crippen LogP contribution < -0.4 is 5.56 Å². The van der Waals surface area contributed by atoms with Gasteiger partial charge in [-0.3, -0.25) is 14.2 Å². The zero-order chi connectivity index (χ0) is 21.0. The third-order valence-electron chi connectivity index (χ3n) is 5.20. The number of benzene rings is 2. The Balaban J connectivity index is 2.12. The number of rotatable bonds is 7. The second-order valence-electron chi connectivity index (χ2n) is 7.11. The highest BCUT2D eigenvalue weighted by molar-refractivity contribution is 6.33. The van der Waals surface area contributed by atoms with Gasteiger partial charge in [0.05, 0.1) is 27.5 Å². The first-order chi connectivity index (χ1) is 14.0. The molecule has 0 fully saturated rings. The van der Waals surface area contributed by atoms with E-state index in [1.165, 1.54) is 0 Å². The number of fused-ring (bicyclic) bond motifs is 1. The zero-order valence-electron chi connectivity index (χ0n) is 17.1. The van der Waals surface area contributed by atoms with Crippen molar-refractivity contribution in [3.05, 3.63) is 75.3 Å². The van der Waals surface area contributed by atoms with E-state index < -0.39 is 0 Å². The van der Waals surface area contributed by atoms with E-state index in [1.807, 2.05) is 31.2 Å². The molecule has 3 rings (SSSR count). The number of hydrogen-bond donors (Lipinski definition) is 0. The highest BCUT2D eigenvalue weighted by atomic mass is 35.5. The lowest BCUT2D eigenvalue weighted by Gasteiger charge is -2.32. The van der Waals surface area contributed by atoms with Crippen LogP contribution >= 0.6 is 11.6 Å². The van der Waals surface area contributed by atoms with Crippen molar-refractivity contribution in [3.8, 4) is 0 Å². The average Bonchev–Trinajstić information content (AvgIpc) is 2.74. The van der Waals surface area contributed by atoms with E-state index in [2.05, 4.69) is 6.92 Å². The molecular weight excluding hydrogens is 386 g/mol. The van der Waals surface area contributed by atoms with Gasteiger partial charge in [-0.2, -0.15) is 0 Å². The molecule has 0 radical (unpaired) electrons. The van der Waals surface area contributed by atoms with Gasteiger partial charge in [0.15, 0.2) is 0 Å². The number of carbonyl (C=O) groups is 1. The van der Waals surface area contributed by atoms with Crippen molar-refractivity contribution >= 4 is 28.4 Å². The van der Waals surface area contributed by atoms with Crippen molar-refractivity contribution < 1.29 is 4.79 Å². The number of nitrogens with zero attached hydrogens (tertiary/aromatic N) is 3. The van der Waals surface area contributed by atoms with Gasteiger partial charge < -0.3 is 4.90 Å². The van der Waals surface area contributed by atoms with Gasteiger partial charge in [-0.1, -0.05) is 56.1 Å². The quantitative estimate of drug-likeness (QED) is 0.550. The maximum atomic E-state index is 13.4. The smallest absolute Gasteiger partial charge is 0.261 e. The second kappa shape index (κ2) is 9.23. The fraction of sp³-hybridized carbons (Fsp3) is 0.348. The SMILES string of the molecule is CCCCN(C(=O)c1ccccc1Cl)C(CC)c1nc2ccccc2c(=O)n1C. The Morgan fingerprint density at radius 2 is 1.83 bits per heavy atom. The molecule has 0 bridgehead atoms. The third-order valence-corrected chi connectivity index (χ3v) is 5.53. The largest absolute Gasteiger partial charge is 0.328 e. The molecule has 5 nitrogen and oxygen atoms in total. The molecule has 0 saturated heterocycles. The van der Waals surface area contributed by atoms with E-state index in [-0.39, 0.29) is 17.5 Å². The first-order valence-corrected chi connectivity index (χ1v) is 10.4. The number of amides is 1. The molecule has 1 atom stereocenters. The summed E-state index contributed by atoms with van der Waals surface area (Å²) in [5.41, 5.74) is 1.00. The van der Waals surface area contributed by atoms with Crippen LogP contribution in [0.3, 0.4) is 0 Å². The molecule has 1 aromatic heterocycles.